The Morgan fingerprint density at radius 1 is 1.33 bits per heavy atom. The lowest BCUT2D eigenvalue weighted by Crippen LogP contribution is -2.13. The van der Waals surface area contributed by atoms with Crippen molar-refractivity contribution in [3.8, 4) is 0 Å². The molecule has 1 heteroatoms. The van der Waals surface area contributed by atoms with E-state index in [4.69, 9.17) is 0 Å². The molecule has 72 valence electrons. The molecule has 0 aliphatic rings. The molecule has 0 fully saturated rings. The van der Waals surface area contributed by atoms with E-state index in [1.165, 1.54) is 12.0 Å². The molecule has 0 aliphatic carbocycles. The van der Waals surface area contributed by atoms with Crippen LogP contribution < -0.4 is 0 Å². The first-order valence-corrected chi connectivity index (χ1v) is 5.55. The number of thiol groups is 1. The summed E-state index contributed by atoms with van der Waals surface area (Å²) >= 11 is 4.65. The maximum atomic E-state index is 4.65. The Bertz CT molecular complexity index is 138. The van der Waals surface area contributed by atoms with Crippen molar-refractivity contribution in [2.24, 2.45) is 5.92 Å². The Balaban J connectivity index is 4.20. The molecule has 0 aromatic heterocycles. The summed E-state index contributed by atoms with van der Waals surface area (Å²) in [6.07, 6.45) is 5.82. The van der Waals surface area contributed by atoms with Gasteiger partial charge in [0.05, 0.1) is 0 Å². The normalized spacial score (nSPS) is 17.6. The van der Waals surface area contributed by atoms with Crippen molar-refractivity contribution in [1.29, 1.82) is 0 Å². The van der Waals surface area contributed by atoms with E-state index in [9.17, 15) is 0 Å². The van der Waals surface area contributed by atoms with E-state index in [0.717, 1.165) is 12.8 Å². The van der Waals surface area contributed by atoms with E-state index < -0.39 is 0 Å². The highest BCUT2D eigenvalue weighted by Gasteiger charge is 2.13. The first kappa shape index (κ1) is 12.1. The van der Waals surface area contributed by atoms with Crippen LogP contribution in [0.5, 0.6) is 0 Å². The van der Waals surface area contributed by atoms with Gasteiger partial charge in [0.25, 0.3) is 0 Å². The van der Waals surface area contributed by atoms with Crippen LogP contribution in [0.4, 0.5) is 0 Å². The Morgan fingerprint density at radius 2 is 1.92 bits per heavy atom. The minimum absolute atomic E-state index is 0.472. The highest BCUT2D eigenvalue weighted by molar-refractivity contribution is 7.81. The van der Waals surface area contributed by atoms with Gasteiger partial charge in [-0.05, 0) is 18.8 Å². The molecule has 0 aromatic rings. The second kappa shape index (κ2) is 6.59. The average Bonchev–Trinajstić information content (AvgIpc) is 2.11. The molecule has 0 amide bonds. The average molecular weight is 186 g/mol. The number of hydrogen-bond donors (Lipinski definition) is 1. The smallest absolute Gasteiger partial charge is 0.0251 e. The minimum atomic E-state index is 0.472. The summed E-state index contributed by atoms with van der Waals surface area (Å²) in [4.78, 5) is 0. The van der Waals surface area contributed by atoms with E-state index in [-0.39, 0.29) is 0 Å². The molecule has 0 nitrogen and oxygen atoms in total. The van der Waals surface area contributed by atoms with Crippen molar-refractivity contribution >= 4 is 12.6 Å². The molecule has 2 atom stereocenters. The van der Waals surface area contributed by atoms with Crippen LogP contribution in [0.1, 0.15) is 47.0 Å². The Hall–Kier alpha value is 0.0900. The summed E-state index contributed by atoms with van der Waals surface area (Å²) in [7, 11) is 0. The van der Waals surface area contributed by atoms with E-state index >= 15 is 0 Å². The van der Waals surface area contributed by atoms with Crippen LogP contribution in [0.25, 0.3) is 0 Å². The zero-order chi connectivity index (χ0) is 9.56. The third-order valence-electron chi connectivity index (χ3n) is 2.44. The molecule has 0 saturated heterocycles. The van der Waals surface area contributed by atoms with Gasteiger partial charge < -0.3 is 0 Å². The maximum absolute atomic E-state index is 4.65. The fraction of sp³-hybridized carbons (Fsp3) is 0.818. The largest absolute Gasteiger partial charge is 0.171 e. The molecule has 0 aliphatic heterocycles. The maximum Gasteiger partial charge on any atom is 0.0251 e. The zero-order valence-corrected chi connectivity index (χ0v) is 9.70. The molecule has 0 radical (unpaired) electrons. The monoisotopic (exact) mass is 186 g/mol. The van der Waals surface area contributed by atoms with Gasteiger partial charge in [-0.3, -0.25) is 0 Å². The van der Waals surface area contributed by atoms with Gasteiger partial charge in [-0.1, -0.05) is 45.8 Å². The van der Waals surface area contributed by atoms with Crippen LogP contribution in [-0.2, 0) is 0 Å². The second-order valence-electron chi connectivity index (χ2n) is 3.37. The molecule has 0 aromatic carbocycles. The summed E-state index contributed by atoms with van der Waals surface area (Å²) in [5.41, 5.74) is 1.51. The van der Waals surface area contributed by atoms with Gasteiger partial charge in [-0.2, -0.15) is 12.6 Å². The van der Waals surface area contributed by atoms with Gasteiger partial charge in [-0.25, -0.2) is 0 Å². The van der Waals surface area contributed by atoms with Crippen LogP contribution in [0.15, 0.2) is 11.6 Å². The number of rotatable bonds is 5. The standard InChI is InChI=1S/C11H22S/c1-5-8-10(7-3)11(12)9(4)6-2/h8-9,11-12H,5-7H2,1-4H3/b10-8+. The van der Waals surface area contributed by atoms with Crippen LogP contribution in [0, 0.1) is 5.92 Å². The van der Waals surface area contributed by atoms with Crippen molar-refractivity contribution in [2.45, 2.75) is 52.2 Å². The fourth-order valence-electron chi connectivity index (χ4n) is 1.33. The van der Waals surface area contributed by atoms with Crippen molar-refractivity contribution in [2.75, 3.05) is 0 Å². The van der Waals surface area contributed by atoms with E-state index in [2.05, 4.69) is 46.4 Å². The predicted octanol–water partition coefficient (Wildman–Crippen LogP) is 4.08. The quantitative estimate of drug-likeness (QED) is 0.485. The second-order valence-corrected chi connectivity index (χ2v) is 3.93. The van der Waals surface area contributed by atoms with Crippen molar-refractivity contribution in [1.82, 2.24) is 0 Å². The van der Waals surface area contributed by atoms with Gasteiger partial charge in [0.15, 0.2) is 0 Å². The van der Waals surface area contributed by atoms with Gasteiger partial charge in [0, 0.05) is 5.25 Å². The molecule has 0 spiro atoms. The summed E-state index contributed by atoms with van der Waals surface area (Å²) in [5, 5.41) is 0.472. The Morgan fingerprint density at radius 3 is 2.25 bits per heavy atom. The lowest BCUT2D eigenvalue weighted by Gasteiger charge is -2.20. The minimum Gasteiger partial charge on any atom is -0.171 e. The first-order chi connectivity index (χ1) is 5.67. The lowest BCUT2D eigenvalue weighted by molar-refractivity contribution is 0.564. The van der Waals surface area contributed by atoms with Gasteiger partial charge >= 0.3 is 0 Å². The Labute approximate surface area is 82.9 Å². The topological polar surface area (TPSA) is 0 Å². The van der Waals surface area contributed by atoms with Crippen LogP contribution in [-0.4, -0.2) is 5.25 Å². The molecular formula is C11H22S. The van der Waals surface area contributed by atoms with E-state index in [0.29, 0.717) is 11.2 Å². The van der Waals surface area contributed by atoms with Gasteiger partial charge in [0.2, 0.25) is 0 Å². The summed E-state index contributed by atoms with van der Waals surface area (Å²) in [5.74, 6) is 0.700. The first-order valence-electron chi connectivity index (χ1n) is 5.04. The molecular weight excluding hydrogens is 164 g/mol. The Kier molecular flexibility index (Phi) is 6.64. The lowest BCUT2D eigenvalue weighted by atomic mass is 9.96. The van der Waals surface area contributed by atoms with Crippen LogP contribution >= 0.6 is 12.6 Å². The van der Waals surface area contributed by atoms with Crippen LogP contribution in [0.2, 0.25) is 0 Å². The molecule has 12 heavy (non-hydrogen) atoms. The summed E-state index contributed by atoms with van der Waals surface area (Å²) in [6, 6.07) is 0. The number of hydrogen-bond acceptors (Lipinski definition) is 1. The van der Waals surface area contributed by atoms with Gasteiger partial charge in [-0.15, -0.1) is 0 Å². The predicted molar refractivity (Wildman–Crippen MR) is 60.9 cm³/mol. The van der Waals surface area contributed by atoms with Crippen molar-refractivity contribution < 1.29 is 0 Å². The molecule has 2 unspecified atom stereocenters. The number of allylic oxidation sites excluding steroid dienone is 1. The SMILES string of the molecule is CC/C=C(\CC)C(S)C(C)CC. The third kappa shape index (κ3) is 3.66. The zero-order valence-electron chi connectivity index (χ0n) is 8.80. The fourth-order valence-corrected chi connectivity index (χ4v) is 1.82. The van der Waals surface area contributed by atoms with Crippen molar-refractivity contribution in [3.05, 3.63) is 11.6 Å². The molecule has 0 rings (SSSR count). The molecule has 0 N–H and O–H groups in total. The third-order valence-corrected chi connectivity index (χ3v) is 3.28. The van der Waals surface area contributed by atoms with Crippen LogP contribution in [0.3, 0.4) is 0 Å². The molecule has 0 heterocycles. The van der Waals surface area contributed by atoms with E-state index in [1.54, 1.807) is 0 Å². The molecule has 0 saturated carbocycles. The van der Waals surface area contributed by atoms with Crippen molar-refractivity contribution in [3.63, 3.8) is 0 Å². The molecule has 0 bridgehead atoms. The van der Waals surface area contributed by atoms with Gasteiger partial charge in [0.1, 0.15) is 0 Å². The van der Waals surface area contributed by atoms with E-state index in [1.807, 2.05) is 0 Å². The summed E-state index contributed by atoms with van der Waals surface area (Å²) in [6.45, 7) is 8.91. The summed E-state index contributed by atoms with van der Waals surface area (Å²) < 4.78 is 0. The highest BCUT2D eigenvalue weighted by atomic mass is 32.1. The highest BCUT2D eigenvalue weighted by Crippen LogP contribution is 2.23.